The topological polar surface area (TPSA) is 25.8 Å². The smallest absolute Gasteiger partial charge is 0.0977 e. The first-order valence-electron chi connectivity index (χ1n) is 6.63. The van der Waals surface area contributed by atoms with E-state index in [1.165, 1.54) is 22.3 Å². The molecule has 0 amide bonds. The third kappa shape index (κ3) is 2.94. The molecule has 0 aliphatic heterocycles. The molecule has 0 N–H and O–H groups in total. The highest BCUT2D eigenvalue weighted by Gasteiger charge is 2.06. The van der Waals surface area contributed by atoms with Crippen molar-refractivity contribution in [3.8, 4) is 11.3 Å². The fourth-order valence-electron chi connectivity index (χ4n) is 2.32. The lowest BCUT2D eigenvalue weighted by Crippen LogP contribution is -1.88. The summed E-state index contributed by atoms with van der Waals surface area (Å²) < 4.78 is 0. The maximum Gasteiger partial charge on any atom is 0.0977 e. The Bertz CT molecular complexity index is 697. The molecular formula is C17H16N2S. The van der Waals surface area contributed by atoms with Crippen molar-refractivity contribution in [1.29, 1.82) is 0 Å². The number of aryl methyl sites for hydroxylation is 2. The highest BCUT2D eigenvalue weighted by molar-refractivity contribution is 7.10. The minimum absolute atomic E-state index is 0.851. The molecule has 0 radical (unpaired) electrons. The van der Waals surface area contributed by atoms with Gasteiger partial charge < -0.3 is 0 Å². The van der Waals surface area contributed by atoms with E-state index in [1.807, 2.05) is 12.3 Å². The van der Waals surface area contributed by atoms with E-state index in [9.17, 15) is 0 Å². The van der Waals surface area contributed by atoms with Crippen LogP contribution in [-0.2, 0) is 6.42 Å². The normalized spacial score (nSPS) is 10.7. The lowest BCUT2D eigenvalue weighted by molar-refractivity contribution is 1.11. The maximum absolute atomic E-state index is 4.75. The Balaban J connectivity index is 1.86. The molecule has 0 fully saturated rings. The van der Waals surface area contributed by atoms with Gasteiger partial charge >= 0.3 is 0 Å². The zero-order valence-electron chi connectivity index (χ0n) is 11.6. The lowest BCUT2D eigenvalue weighted by Gasteiger charge is -2.01. The molecule has 3 heteroatoms. The van der Waals surface area contributed by atoms with Gasteiger partial charge in [-0.05, 0) is 37.6 Å². The first kappa shape index (κ1) is 13.0. The lowest BCUT2D eigenvalue weighted by atomic mass is 10.1. The summed E-state index contributed by atoms with van der Waals surface area (Å²) in [6.07, 6.45) is 4.55. The van der Waals surface area contributed by atoms with E-state index in [-0.39, 0.29) is 0 Å². The van der Waals surface area contributed by atoms with Crippen molar-refractivity contribution in [3.05, 3.63) is 69.8 Å². The van der Waals surface area contributed by atoms with Crippen molar-refractivity contribution < 1.29 is 0 Å². The number of benzene rings is 1. The molecule has 0 atom stereocenters. The Kier molecular flexibility index (Phi) is 3.61. The molecule has 100 valence electrons. The van der Waals surface area contributed by atoms with E-state index in [0.717, 1.165) is 17.1 Å². The second-order valence-electron chi connectivity index (χ2n) is 5.04. The van der Waals surface area contributed by atoms with Crippen molar-refractivity contribution in [2.24, 2.45) is 0 Å². The van der Waals surface area contributed by atoms with Gasteiger partial charge in [0.15, 0.2) is 0 Å². The fourth-order valence-corrected chi connectivity index (χ4v) is 3.16. The monoisotopic (exact) mass is 280 g/mol. The van der Waals surface area contributed by atoms with Crippen LogP contribution in [0.15, 0.2) is 48.1 Å². The maximum atomic E-state index is 4.75. The van der Waals surface area contributed by atoms with Crippen LogP contribution in [-0.4, -0.2) is 9.97 Å². The summed E-state index contributed by atoms with van der Waals surface area (Å²) in [6, 6.07) is 10.6. The Morgan fingerprint density at radius 1 is 1.10 bits per heavy atom. The van der Waals surface area contributed by atoms with Gasteiger partial charge in [0, 0.05) is 29.8 Å². The first-order chi connectivity index (χ1) is 9.70. The van der Waals surface area contributed by atoms with Crippen LogP contribution in [0.3, 0.4) is 0 Å². The van der Waals surface area contributed by atoms with Crippen LogP contribution in [0, 0.1) is 13.8 Å². The zero-order chi connectivity index (χ0) is 13.9. The van der Waals surface area contributed by atoms with E-state index in [0.29, 0.717) is 0 Å². The van der Waals surface area contributed by atoms with Crippen molar-refractivity contribution in [2.75, 3.05) is 0 Å². The predicted octanol–water partition coefficient (Wildman–Crippen LogP) is 4.41. The Labute approximate surface area is 123 Å². The van der Waals surface area contributed by atoms with Crippen LogP contribution in [0.2, 0.25) is 0 Å². The fraction of sp³-hybridized carbons (Fsp3) is 0.176. The molecule has 2 heterocycles. The molecule has 2 nitrogen and oxygen atoms in total. The minimum atomic E-state index is 0.851. The molecule has 1 aromatic carbocycles. The average molecular weight is 280 g/mol. The SMILES string of the molecule is Cc1cc(C)cc(-c2csc(Cc3cccnc3)n2)c1. The van der Waals surface area contributed by atoms with E-state index in [1.54, 1.807) is 17.5 Å². The summed E-state index contributed by atoms with van der Waals surface area (Å²) in [6.45, 7) is 4.25. The van der Waals surface area contributed by atoms with Crippen LogP contribution in [0.25, 0.3) is 11.3 Å². The van der Waals surface area contributed by atoms with Gasteiger partial charge in [-0.3, -0.25) is 4.98 Å². The Morgan fingerprint density at radius 3 is 2.60 bits per heavy atom. The minimum Gasteiger partial charge on any atom is -0.264 e. The van der Waals surface area contributed by atoms with Crippen molar-refractivity contribution in [1.82, 2.24) is 9.97 Å². The molecule has 2 aromatic heterocycles. The van der Waals surface area contributed by atoms with E-state index >= 15 is 0 Å². The van der Waals surface area contributed by atoms with Crippen LogP contribution in [0.4, 0.5) is 0 Å². The number of nitrogens with zero attached hydrogens (tertiary/aromatic N) is 2. The second kappa shape index (κ2) is 5.55. The molecule has 0 spiro atoms. The quantitative estimate of drug-likeness (QED) is 0.710. The van der Waals surface area contributed by atoms with E-state index in [2.05, 4.69) is 48.5 Å². The number of hydrogen-bond acceptors (Lipinski definition) is 3. The summed E-state index contributed by atoms with van der Waals surface area (Å²) in [7, 11) is 0. The van der Waals surface area contributed by atoms with Crippen LogP contribution in [0.5, 0.6) is 0 Å². The molecule has 0 bridgehead atoms. The van der Waals surface area contributed by atoms with Gasteiger partial charge in [-0.1, -0.05) is 23.3 Å². The zero-order valence-corrected chi connectivity index (χ0v) is 12.4. The summed E-state index contributed by atoms with van der Waals surface area (Å²) in [5.74, 6) is 0. The summed E-state index contributed by atoms with van der Waals surface area (Å²) >= 11 is 1.71. The summed E-state index contributed by atoms with van der Waals surface area (Å²) in [5, 5.41) is 3.27. The second-order valence-corrected chi connectivity index (χ2v) is 5.98. The van der Waals surface area contributed by atoms with Gasteiger partial charge in [0.05, 0.1) is 10.7 Å². The van der Waals surface area contributed by atoms with Crippen LogP contribution >= 0.6 is 11.3 Å². The van der Waals surface area contributed by atoms with E-state index < -0.39 is 0 Å². The molecule has 0 aliphatic rings. The highest BCUT2D eigenvalue weighted by atomic mass is 32.1. The molecular weight excluding hydrogens is 264 g/mol. The number of aromatic nitrogens is 2. The van der Waals surface area contributed by atoms with Crippen molar-refractivity contribution >= 4 is 11.3 Å². The van der Waals surface area contributed by atoms with Gasteiger partial charge in [-0.2, -0.15) is 0 Å². The standard InChI is InChI=1S/C17H16N2S/c1-12-6-13(2)8-15(7-12)16-11-20-17(19-16)9-14-4-3-5-18-10-14/h3-8,10-11H,9H2,1-2H3. The van der Waals surface area contributed by atoms with Crippen molar-refractivity contribution in [2.45, 2.75) is 20.3 Å². The Morgan fingerprint density at radius 2 is 1.90 bits per heavy atom. The van der Waals surface area contributed by atoms with Gasteiger partial charge in [-0.15, -0.1) is 11.3 Å². The first-order valence-corrected chi connectivity index (χ1v) is 7.50. The van der Waals surface area contributed by atoms with Gasteiger partial charge in [0.1, 0.15) is 0 Å². The van der Waals surface area contributed by atoms with Crippen LogP contribution in [0.1, 0.15) is 21.7 Å². The molecule has 3 rings (SSSR count). The predicted molar refractivity (Wildman–Crippen MR) is 84.1 cm³/mol. The van der Waals surface area contributed by atoms with Gasteiger partial charge in [-0.25, -0.2) is 4.98 Å². The molecule has 0 unspecified atom stereocenters. The average Bonchev–Trinajstić information content (AvgIpc) is 2.87. The highest BCUT2D eigenvalue weighted by Crippen LogP contribution is 2.25. The molecule has 3 aromatic rings. The molecule has 0 saturated carbocycles. The van der Waals surface area contributed by atoms with E-state index in [4.69, 9.17) is 4.98 Å². The largest absolute Gasteiger partial charge is 0.264 e. The summed E-state index contributed by atoms with van der Waals surface area (Å²) in [4.78, 5) is 8.89. The third-order valence-electron chi connectivity index (χ3n) is 3.15. The Hall–Kier alpha value is -2.00. The van der Waals surface area contributed by atoms with Gasteiger partial charge in [0.2, 0.25) is 0 Å². The van der Waals surface area contributed by atoms with Crippen molar-refractivity contribution in [3.63, 3.8) is 0 Å². The third-order valence-corrected chi connectivity index (χ3v) is 4.00. The summed E-state index contributed by atoms with van der Waals surface area (Å²) in [5.41, 5.74) is 6.04. The number of hydrogen-bond donors (Lipinski definition) is 0. The number of pyridine rings is 1. The van der Waals surface area contributed by atoms with Gasteiger partial charge in [0.25, 0.3) is 0 Å². The molecule has 0 aliphatic carbocycles. The molecule has 0 saturated heterocycles. The number of thiazole rings is 1. The molecule has 20 heavy (non-hydrogen) atoms. The number of rotatable bonds is 3. The van der Waals surface area contributed by atoms with Crippen LogP contribution < -0.4 is 0 Å².